The Morgan fingerprint density at radius 1 is 1.00 bits per heavy atom. The smallest absolute Gasteiger partial charge is 0.240 e. The third-order valence-corrected chi connectivity index (χ3v) is 5.16. The molecular formula is C17H15F3N4O2S. The highest BCUT2D eigenvalue weighted by atomic mass is 32.2. The summed E-state index contributed by atoms with van der Waals surface area (Å²) >= 11 is 0. The quantitative estimate of drug-likeness (QED) is 0.642. The van der Waals surface area contributed by atoms with E-state index >= 15 is 0 Å². The second-order valence-electron chi connectivity index (χ2n) is 5.73. The molecule has 0 aliphatic heterocycles. The summed E-state index contributed by atoms with van der Waals surface area (Å²) in [4.78, 5) is 3.87. The fourth-order valence-electron chi connectivity index (χ4n) is 2.35. The third kappa shape index (κ3) is 4.92. The van der Waals surface area contributed by atoms with Gasteiger partial charge in [-0.3, -0.25) is 5.10 Å². The molecule has 0 unspecified atom stereocenters. The Morgan fingerprint density at radius 2 is 1.74 bits per heavy atom. The molecule has 3 rings (SSSR count). The summed E-state index contributed by atoms with van der Waals surface area (Å²) in [5.74, 6) is -1.74. The van der Waals surface area contributed by atoms with Gasteiger partial charge in [-0.05, 0) is 35.9 Å². The zero-order valence-corrected chi connectivity index (χ0v) is 14.7. The minimum absolute atomic E-state index is 0.0187. The number of aromatic amines is 1. The first-order chi connectivity index (χ1) is 12.8. The average molecular weight is 396 g/mol. The highest BCUT2D eigenvalue weighted by Crippen LogP contribution is 2.13. The predicted octanol–water partition coefficient (Wildman–Crippen LogP) is 2.33. The Balaban J connectivity index is 1.56. The van der Waals surface area contributed by atoms with Gasteiger partial charge in [-0.25, -0.2) is 31.3 Å². The van der Waals surface area contributed by atoms with E-state index < -0.39 is 21.7 Å². The van der Waals surface area contributed by atoms with Crippen LogP contribution < -0.4 is 4.72 Å². The topological polar surface area (TPSA) is 87.7 Å². The van der Waals surface area contributed by atoms with Crippen LogP contribution in [0, 0.1) is 17.5 Å². The van der Waals surface area contributed by atoms with Crippen LogP contribution in [0.15, 0.2) is 47.4 Å². The number of halogens is 3. The fourth-order valence-corrected chi connectivity index (χ4v) is 3.39. The molecule has 0 saturated carbocycles. The molecular weight excluding hydrogens is 381 g/mol. The second-order valence-corrected chi connectivity index (χ2v) is 7.49. The molecule has 1 heterocycles. The lowest BCUT2D eigenvalue weighted by atomic mass is 10.1. The van der Waals surface area contributed by atoms with Crippen molar-refractivity contribution in [1.82, 2.24) is 19.9 Å². The molecule has 0 aliphatic rings. The van der Waals surface area contributed by atoms with E-state index in [2.05, 4.69) is 19.9 Å². The zero-order chi connectivity index (χ0) is 19.4. The van der Waals surface area contributed by atoms with E-state index in [1.807, 2.05) is 0 Å². The first-order valence-electron chi connectivity index (χ1n) is 7.93. The largest absolute Gasteiger partial charge is 0.263 e. The van der Waals surface area contributed by atoms with E-state index in [4.69, 9.17) is 0 Å². The number of nitrogens with one attached hydrogen (secondary N) is 2. The highest BCUT2D eigenvalue weighted by Gasteiger charge is 2.16. The molecule has 142 valence electrons. The standard InChI is InChI=1S/C17H15F3N4O2S/c18-12-3-1-11(2-4-12)9-17-22-16(23-24-17)7-8-21-27(25,26)13-5-6-14(19)15(20)10-13/h1-6,10,21H,7-9H2,(H,22,23,24). The van der Waals surface area contributed by atoms with Crippen LogP contribution in [0.3, 0.4) is 0 Å². The Bertz CT molecular complexity index is 1040. The average Bonchev–Trinajstić information content (AvgIpc) is 3.06. The number of hydrogen-bond donors (Lipinski definition) is 2. The maximum Gasteiger partial charge on any atom is 0.240 e. The predicted molar refractivity (Wildman–Crippen MR) is 90.8 cm³/mol. The second kappa shape index (κ2) is 7.89. The van der Waals surface area contributed by atoms with Crippen molar-refractivity contribution < 1.29 is 21.6 Å². The lowest BCUT2D eigenvalue weighted by molar-refractivity contribution is 0.504. The molecule has 0 radical (unpaired) electrons. The Hall–Kier alpha value is -2.72. The maximum absolute atomic E-state index is 13.2. The minimum atomic E-state index is -3.97. The molecule has 0 bridgehead atoms. The van der Waals surface area contributed by atoms with Gasteiger partial charge in [0, 0.05) is 19.4 Å². The number of benzene rings is 2. The van der Waals surface area contributed by atoms with Crippen molar-refractivity contribution in [3.63, 3.8) is 0 Å². The van der Waals surface area contributed by atoms with Crippen molar-refractivity contribution in [2.24, 2.45) is 0 Å². The Kier molecular flexibility index (Phi) is 5.57. The molecule has 0 amide bonds. The van der Waals surface area contributed by atoms with Gasteiger partial charge in [0.25, 0.3) is 0 Å². The van der Waals surface area contributed by atoms with E-state index in [1.54, 1.807) is 12.1 Å². The van der Waals surface area contributed by atoms with Gasteiger partial charge >= 0.3 is 0 Å². The molecule has 0 saturated heterocycles. The SMILES string of the molecule is O=S(=O)(NCCc1n[nH]c(Cc2ccc(F)cc2)n1)c1ccc(F)c(F)c1. The van der Waals surface area contributed by atoms with Crippen LogP contribution in [-0.4, -0.2) is 30.1 Å². The molecule has 0 fully saturated rings. The summed E-state index contributed by atoms with van der Waals surface area (Å²) in [6, 6.07) is 8.31. The number of sulfonamides is 1. The van der Waals surface area contributed by atoms with E-state index in [0.717, 1.165) is 17.7 Å². The van der Waals surface area contributed by atoms with Crippen LogP contribution in [0.25, 0.3) is 0 Å². The molecule has 1 aromatic heterocycles. The van der Waals surface area contributed by atoms with E-state index in [-0.39, 0.29) is 23.7 Å². The van der Waals surface area contributed by atoms with Crippen molar-refractivity contribution in [3.8, 4) is 0 Å². The van der Waals surface area contributed by atoms with Gasteiger partial charge in [-0.1, -0.05) is 12.1 Å². The van der Waals surface area contributed by atoms with Gasteiger partial charge in [0.1, 0.15) is 11.6 Å². The van der Waals surface area contributed by atoms with Crippen molar-refractivity contribution in [3.05, 3.63) is 77.1 Å². The van der Waals surface area contributed by atoms with Gasteiger partial charge in [-0.2, -0.15) is 5.10 Å². The summed E-state index contributed by atoms with van der Waals surface area (Å²) in [5.41, 5.74) is 0.845. The molecule has 10 heteroatoms. The van der Waals surface area contributed by atoms with Gasteiger partial charge in [0.2, 0.25) is 10.0 Å². The summed E-state index contributed by atoms with van der Waals surface area (Å²) < 4.78 is 65.4. The molecule has 27 heavy (non-hydrogen) atoms. The minimum Gasteiger partial charge on any atom is -0.263 e. The summed E-state index contributed by atoms with van der Waals surface area (Å²) in [7, 11) is -3.97. The summed E-state index contributed by atoms with van der Waals surface area (Å²) in [5, 5.41) is 6.73. The first-order valence-corrected chi connectivity index (χ1v) is 9.41. The summed E-state index contributed by atoms with van der Waals surface area (Å²) in [6.07, 6.45) is 0.622. The van der Waals surface area contributed by atoms with E-state index in [9.17, 15) is 21.6 Å². The van der Waals surface area contributed by atoms with Crippen LogP contribution >= 0.6 is 0 Å². The van der Waals surface area contributed by atoms with Gasteiger partial charge < -0.3 is 0 Å². The molecule has 6 nitrogen and oxygen atoms in total. The van der Waals surface area contributed by atoms with Crippen LogP contribution in [0.4, 0.5) is 13.2 Å². The monoisotopic (exact) mass is 396 g/mol. The third-order valence-electron chi connectivity index (χ3n) is 3.70. The van der Waals surface area contributed by atoms with Crippen molar-refractivity contribution >= 4 is 10.0 Å². The van der Waals surface area contributed by atoms with Crippen molar-refractivity contribution in [1.29, 1.82) is 0 Å². The normalized spacial score (nSPS) is 11.7. The highest BCUT2D eigenvalue weighted by molar-refractivity contribution is 7.89. The molecule has 3 aromatic rings. The molecule has 0 aliphatic carbocycles. The molecule has 2 aromatic carbocycles. The molecule has 0 atom stereocenters. The van der Waals surface area contributed by atoms with E-state index in [0.29, 0.717) is 24.1 Å². The van der Waals surface area contributed by atoms with Crippen LogP contribution in [0.5, 0.6) is 0 Å². The number of rotatable bonds is 7. The zero-order valence-electron chi connectivity index (χ0n) is 13.9. The number of hydrogen-bond acceptors (Lipinski definition) is 4. The Labute approximate surface area is 153 Å². The van der Waals surface area contributed by atoms with Gasteiger partial charge in [-0.15, -0.1) is 0 Å². The van der Waals surface area contributed by atoms with Crippen LogP contribution in [0.1, 0.15) is 17.2 Å². The van der Waals surface area contributed by atoms with Gasteiger partial charge in [0.05, 0.1) is 4.90 Å². The molecule has 0 spiro atoms. The maximum atomic E-state index is 13.2. The number of nitrogens with zero attached hydrogens (tertiary/aromatic N) is 2. The van der Waals surface area contributed by atoms with Crippen LogP contribution in [-0.2, 0) is 22.9 Å². The molecule has 2 N–H and O–H groups in total. The van der Waals surface area contributed by atoms with E-state index in [1.165, 1.54) is 12.1 Å². The Morgan fingerprint density at radius 3 is 2.44 bits per heavy atom. The van der Waals surface area contributed by atoms with Crippen molar-refractivity contribution in [2.45, 2.75) is 17.7 Å². The first kappa shape index (κ1) is 19.1. The van der Waals surface area contributed by atoms with Crippen LogP contribution in [0.2, 0.25) is 0 Å². The van der Waals surface area contributed by atoms with Crippen molar-refractivity contribution in [2.75, 3.05) is 6.54 Å². The fraction of sp³-hybridized carbons (Fsp3) is 0.176. The number of aromatic nitrogens is 3. The number of H-pyrrole nitrogens is 1. The lowest BCUT2D eigenvalue weighted by Gasteiger charge is -2.06. The lowest BCUT2D eigenvalue weighted by Crippen LogP contribution is -2.26. The van der Waals surface area contributed by atoms with Gasteiger partial charge in [0.15, 0.2) is 17.5 Å². The summed E-state index contributed by atoms with van der Waals surface area (Å²) in [6.45, 7) is -0.0187.